The molecule has 0 radical (unpaired) electrons. The van der Waals surface area contributed by atoms with Crippen LogP contribution in [-0.2, 0) is 14.3 Å². The highest BCUT2D eigenvalue weighted by Gasteiger charge is 2.26. The first-order chi connectivity index (χ1) is 11.0. The molecular weight excluding hydrogens is 299 g/mol. The minimum absolute atomic E-state index is 0.398. The summed E-state index contributed by atoms with van der Waals surface area (Å²) in [5.41, 5.74) is 6.39. The van der Waals surface area contributed by atoms with Gasteiger partial charge in [0.15, 0.2) is 6.10 Å². The number of ether oxygens (including phenoxy) is 1. The molecule has 2 amide bonds. The van der Waals surface area contributed by atoms with Crippen LogP contribution in [0.25, 0.3) is 0 Å². The Labute approximate surface area is 133 Å². The number of hydrogen-bond donors (Lipinski definition) is 2. The predicted octanol–water partition coefficient (Wildman–Crippen LogP) is 1.86. The Morgan fingerprint density at radius 2 is 1.65 bits per heavy atom. The van der Waals surface area contributed by atoms with Crippen molar-refractivity contribution in [3.8, 4) is 0 Å². The predicted molar refractivity (Wildman–Crippen MR) is 82.7 cm³/mol. The second-order valence-corrected chi connectivity index (χ2v) is 4.92. The van der Waals surface area contributed by atoms with Crippen molar-refractivity contribution < 1.29 is 18.7 Å². The van der Waals surface area contributed by atoms with Crippen molar-refractivity contribution in [2.24, 2.45) is 5.73 Å². The van der Waals surface area contributed by atoms with Gasteiger partial charge in [0.25, 0.3) is 5.91 Å². The number of primary amides is 1. The summed E-state index contributed by atoms with van der Waals surface area (Å²) in [6.07, 6.45) is -0.876. The van der Waals surface area contributed by atoms with E-state index in [1.165, 1.54) is 31.4 Å². The lowest BCUT2D eigenvalue weighted by atomic mass is 10.0. The van der Waals surface area contributed by atoms with Crippen molar-refractivity contribution in [1.82, 2.24) is 5.32 Å². The van der Waals surface area contributed by atoms with E-state index in [4.69, 9.17) is 10.5 Å². The Hall–Kier alpha value is -2.73. The van der Waals surface area contributed by atoms with E-state index >= 15 is 0 Å². The highest BCUT2D eigenvalue weighted by Crippen LogP contribution is 2.19. The molecule has 0 aliphatic carbocycles. The number of nitrogens with one attached hydrogen (secondary N) is 1. The maximum atomic E-state index is 13.0. The van der Waals surface area contributed by atoms with Crippen molar-refractivity contribution in [2.75, 3.05) is 7.11 Å². The van der Waals surface area contributed by atoms with E-state index in [9.17, 15) is 14.0 Å². The lowest BCUT2D eigenvalue weighted by Gasteiger charge is -2.20. The summed E-state index contributed by atoms with van der Waals surface area (Å²) in [6.45, 7) is 0. The largest absolute Gasteiger partial charge is 0.368 e. The first-order valence-electron chi connectivity index (χ1n) is 6.96. The molecule has 2 rings (SSSR count). The highest BCUT2D eigenvalue weighted by atomic mass is 19.1. The van der Waals surface area contributed by atoms with Gasteiger partial charge in [0.2, 0.25) is 5.91 Å². The van der Waals surface area contributed by atoms with Crippen molar-refractivity contribution in [3.63, 3.8) is 0 Å². The number of rotatable bonds is 6. The molecule has 0 bridgehead atoms. The summed E-state index contributed by atoms with van der Waals surface area (Å²) in [4.78, 5) is 24.1. The standard InChI is InChI=1S/C17H17FN2O3/c1-23-15(12-5-3-2-4-6-12)17(22)20-14(16(19)21)11-7-9-13(18)10-8-11/h2-10,14-15H,1H3,(H2,19,21)(H,20,22)/t14-,15+/m0/s1. The molecule has 0 heterocycles. The number of hydrogen-bond acceptors (Lipinski definition) is 3. The van der Waals surface area contributed by atoms with Gasteiger partial charge in [-0.3, -0.25) is 9.59 Å². The maximum Gasteiger partial charge on any atom is 0.254 e. The van der Waals surface area contributed by atoms with Gasteiger partial charge in [-0.1, -0.05) is 42.5 Å². The summed E-state index contributed by atoms with van der Waals surface area (Å²) in [7, 11) is 1.40. The zero-order valence-electron chi connectivity index (χ0n) is 12.5. The third-order valence-corrected chi connectivity index (χ3v) is 3.35. The van der Waals surface area contributed by atoms with Gasteiger partial charge in [0.05, 0.1) is 0 Å². The lowest BCUT2D eigenvalue weighted by Crippen LogP contribution is -2.40. The van der Waals surface area contributed by atoms with Crippen LogP contribution in [0.4, 0.5) is 4.39 Å². The molecule has 2 aromatic carbocycles. The van der Waals surface area contributed by atoms with E-state index in [0.717, 1.165) is 0 Å². The van der Waals surface area contributed by atoms with E-state index in [0.29, 0.717) is 11.1 Å². The molecule has 0 unspecified atom stereocenters. The smallest absolute Gasteiger partial charge is 0.254 e. The van der Waals surface area contributed by atoms with Crippen LogP contribution < -0.4 is 11.1 Å². The van der Waals surface area contributed by atoms with Crippen molar-refractivity contribution in [3.05, 3.63) is 71.5 Å². The molecule has 120 valence electrons. The molecule has 2 atom stereocenters. The SMILES string of the molecule is CO[C@@H](C(=O)N[C@H](C(N)=O)c1ccc(F)cc1)c1ccccc1. The summed E-state index contributed by atoms with van der Waals surface area (Å²) in [5, 5.41) is 2.54. The van der Waals surface area contributed by atoms with E-state index in [2.05, 4.69) is 5.32 Å². The van der Waals surface area contributed by atoms with Crippen LogP contribution >= 0.6 is 0 Å². The Morgan fingerprint density at radius 1 is 1.04 bits per heavy atom. The maximum absolute atomic E-state index is 13.0. The molecule has 6 heteroatoms. The number of benzene rings is 2. The van der Waals surface area contributed by atoms with E-state index in [1.807, 2.05) is 6.07 Å². The fourth-order valence-electron chi connectivity index (χ4n) is 2.21. The molecule has 2 aromatic rings. The van der Waals surface area contributed by atoms with Crippen LogP contribution in [0.1, 0.15) is 23.3 Å². The van der Waals surface area contributed by atoms with Crippen molar-refractivity contribution >= 4 is 11.8 Å². The molecule has 0 aliphatic heterocycles. The summed E-state index contributed by atoms with van der Waals surface area (Å²) in [5.74, 6) is -1.69. The third-order valence-electron chi connectivity index (χ3n) is 3.35. The van der Waals surface area contributed by atoms with Crippen LogP contribution in [0.2, 0.25) is 0 Å². The molecule has 0 aromatic heterocycles. The minimum Gasteiger partial charge on any atom is -0.368 e. The van der Waals surface area contributed by atoms with Gasteiger partial charge in [-0.15, -0.1) is 0 Å². The number of carbonyl (C=O) groups excluding carboxylic acids is 2. The molecule has 0 spiro atoms. The summed E-state index contributed by atoms with van der Waals surface area (Å²) >= 11 is 0. The number of nitrogens with two attached hydrogens (primary N) is 1. The Kier molecular flexibility index (Phi) is 5.43. The lowest BCUT2D eigenvalue weighted by molar-refractivity contribution is -0.135. The molecular formula is C17H17FN2O3. The van der Waals surface area contributed by atoms with Crippen LogP contribution in [0, 0.1) is 5.82 Å². The molecule has 0 saturated heterocycles. The Bertz CT molecular complexity index is 674. The Morgan fingerprint density at radius 3 is 2.17 bits per heavy atom. The second kappa shape index (κ2) is 7.51. The second-order valence-electron chi connectivity index (χ2n) is 4.92. The van der Waals surface area contributed by atoms with E-state index in [-0.39, 0.29) is 0 Å². The van der Waals surface area contributed by atoms with Gasteiger partial charge < -0.3 is 15.8 Å². The molecule has 0 aliphatic rings. The van der Waals surface area contributed by atoms with Crippen molar-refractivity contribution in [2.45, 2.75) is 12.1 Å². The zero-order chi connectivity index (χ0) is 16.8. The molecule has 5 nitrogen and oxygen atoms in total. The number of amides is 2. The molecule has 0 saturated carbocycles. The molecule has 3 N–H and O–H groups in total. The van der Waals surface area contributed by atoms with Crippen LogP contribution in [0.3, 0.4) is 0 Å². The first-order valence-corrected chi connectivity index (χ1v) is 6.96. The number of carbonyl (C=O) groups is 2. The van der Waals surface area contributed by atoms with Gasteiger partial charge in [-0.2, -0.15) is 0 Å². The number of methoxy groups -OCH3 is 1. The average Bonchev–Trinajstić information content (AvgIpc) is 2.55. The highest BCUT2D eigenvalue weighted by molar-refractivity contribution is 5.89. The van der Waals surface area contributed by atoms with Gasteiger partial charge >= 0.3 is 0 Å². The summed E-state index contributed by atoms with van der Waals surface area (Å²) in [6, 6.07) is 13.0. The topological polar surface area (TPSA) is 81.4 Å². The molecule has 0 fully saturated rings. The van der Waals surface area contributed by atoms with Gasteiger partial charge in [0.1, 0.15) is 11.9 Å². The van der Waals surface area contributed by atoms with Gasteiger partial charge in [0, 0.05) is 7.11 Å². The quantitative estimate of drug-likeness (QED) is 0.853. The van der Waals surface area contributed by atoms with E-state index < -0.39 is 29.8 Å². The van der Waals surface area contributed by atoms with Crippen LogP contribution in [-0.4, -0.2) is 18.9 Å². The zero-order valence-corrected chi connectivity index (χ0v) is 12.5. The monoisotopic (exact) mass is 316 g/mol. The summed E-state index contributed by atoms with van der Waals surface area (Å²) < 4.78 is 18.2. The average molecular weight is 316 g/mol. The normalized spacial score (nSPS) is 13.1. The van der Waals surface area contributed by atoms with Crippen molar-refractivity contribution in [1.29, 1.82) is 0 Å². The fraction of sp³-hybridized carbons (Fsp3) is 0.176. The van der Waals surface area contributed by atoms with Crippen LogP contribution in [0.15, 0.2) is 54.6 Å². The van der Waals surface area contributed by atoms with E-state index in [1.54, 1.807) is 24.3 Å². The first kappa shape index (κ1) is 16.6. The molecule has 23 heavy (non-hydrogen) atoms. The minimum atomic E-state index is -1.07. The van der Waals surface area contributed by atoms with Gasteiger partial charge in [-0.05, 0) is 23.3 Å². The third kappa shape index (κ3) is 4.14. The number of halogens is 1. The van der Waals surface area contributed by atoms with Gasteiger partial charge in [-0.25, -0.2) is 4.39 Å². The van der Waals surface area contributed by atoms with Crippen LogP contribution in [0.5, 0.6) is 0 Å². The Balaban J connectivity index is 2.20. The fourth-order valence-corrected chi connectivity index (χ4v) is 2.21.